The van der Waals surface area contributed by atoms with Crippen molar-refractivity contribution in [3.8, 4) is 17.0 Å². The van der Waals surface area contributed by atoms with Gasteiger partial charge in [-0.1, -0.05) is 43.3 Å². The van der Waals surface area contributed by atoms with E-state index in [2.05, 4.69) is 34.1 Å². The van der Waals surface area contributed by atoms with Gasteiger partial charge in [0, 0.05) is 10.9 Å². The number of carbonyl (C=O) groups excluding carboxylic acids is 1. The highest BCUT2D eigenvalue weighted by Gasteiger charge is 2.19. The number of anilines is 2. The van der Waals surface area contributed by atoms with Crippen LogP contribution in [0.25, 0.3) is 11.3 Å². The van der Waals surface area contributed by atoms with Crippen LogP contribution in [0, 0.1) is 0 Å². The summed E-state index contributed by atoms with van der Waals surface area (Å²) in [6.07, 6.45) is 0.959. The minimum Gasteiger partial charge on any atom is -0.497 e. The van der Waals surface area contributed by atoms with E-state index in [1.807, 2.05) is 17.5 Å². The molecule has 0 atom stereocenters. The third kappa shape index (κ3) is 5.27. The second-order valence-corrected chi connectivity index (χ2v) is 9.91. The number of nitrogens with one attached hydrogen (secondary N) is 2. The van der Waals surface area contributed by atoms with E-state index in [-0.39, 0.29) is 16.1 Å². The first-order valence-electron chi connectivity index (χ1n) is 10.5. The Balaban J connectivity index is 1.52. The van der Waals surface area contributed by atoms with Crippen LogP contribution >= 0.6 is 11.3 Å². The van der Waals surface area contributed by atoms with E-state index in [9.17, 15) is 13.2 Å². The van der Waals surface area contributed by atoms with Crippen molar-refractivity contribution in [3.05, 3.63) is 89.3 Å². The van der Waals surface area contributed by atoms with Crippen molar-refractivity contribution in [2.75, 3.05) is 17.1 Å². The minimum atomic E-state index is -3.90. The van der Waals surface area contributed by atoms with Crippen LogP contribution in [0.3, 0.4) is 0 Å². The summed E-state index contributed by atoms with van der Waals surface area (Å²) >= 11 is 1.30. The summed E-state index contributed by atoms with van der Waals surface area (Å²) in [7, 11) is -2.40. The van der Waals surface area contributed by atoms with E-state index in [0.717, 1.165) is 17.7 Å². The Labute approximate surface area is 202 Å². The fraction of sp³-hybridized carbons (Fsp3) is 0.120. The van der Waals surface area contributed by atoms with E-state index in [1.165, 1.54) is 36.1 Å². The Hall–Kier alpha value is -3.69. The quantitative estimate of drug-likeness (QED) is 0.341. The zero-order valence-corrected chi connectivity index (χ0v) is 20.2. The molecule has 0 fully saturated rings. The summed E-state index contributed by atoms with van der Waals surface area (Å²) in [6, 6.07) is 20.5. The molecule has 0 aliphatic rings. The number of methoxy groups -OCH3 is 1. The van der Waals surface area contributed by atoms with Crippen LogP contribution in [0.5, 0.6) is 5.75 Å². The Morgan fingerprint density at radius 2 is 1.71 bits per heavy atom. The summed E-state index contributed by atoms with van der Waals surface area (Å²) < 4.78 is 33.3. The van der Waals surface area contributed by atoms with Crippen molar-refractivity contribution in [2.24, 2.45) is 0 Å². The number of rotatable bonds is 8. The van der Waals surface area contributed by atoms with Crippen molar-refractivity contribution >= 4 is 38.1 Å². The first kappa shape index (κ1) is 23.5. The Morgan fingerprint density at radius 3 is 2.38 bits per heavy atom. The number of hydrogen-bond donors (Lipinski definition) is 2. The molecule has 174 valence electrons. The molecule has 2 N–H and O–H groups in total. The Kier molecular flexibility index (Phi) is 6.95. The third-order valence-corrected chi connectivity index (χ3v) is 7.31. The number of amides is 1. The fourth-order valence-electron chi connectivity index (χ4n) is 3.27. The van der Waals surface area contributed by atoms with E-state index in [4.69, 9.17) is 4.74 Å². The minimum absolute atomic E-state index is 0.0576. The van der Waals surface area contributed by atoms with Crippen molar-refractivity contribution in [3.63, 3.8) is 0 Å². The normalized spacial score (nSPS) is 11.1. The molecule has 1 amide bonds. The van der Waals surface area contributed by atoms with Crippen molar-refractivity contribution in [2.45, 2.75) is 18.2 Å². The van der Waals surface area contributed by atoms with Gasteiger partial charge in [-0.3, -0.25) is 14.8 Å². The molecule has 4 rings (SSSR count). The number of thiazole rings is 1. The Bertz CT molecular complexity index is 1400. The smallest absolute Gasteiger partial charge is 0.261 e. The number of ether oxygens (including phenoxy) is 1. The van der Waals surface area contributed by atoms with E-state index >= 15 is 0 Å². The second-order valence-electron chi connectivity index (χ2n) is 7.37. The van der Waals surface area contributed by atoms with Gasteiger partial charge in [-0.25, -0.2) is 13.4 Å². The number of hydrogen-bond acceptors (Lipinski definition) is 6. The molecule has 9 heteroatoms. The van der Waals surface area contributed by atoms with Crippen molar-refractivity contribution in [1.82, 2.24) is 4.98 Å². The number of nitrogens with zero attached hydrogens (tertiary/aromatic N) is 1. The largest absolute Gasteiger partial charge is 0.497 e. The molecule has 0 spiro atoms. The summed E-state index contributed by atoms with van der Waals surface area (Å²) in [5, 5.41) is 5.06. The van der Waals surface area contributed by atoms with Gasteiger partial charge in [0.15, 0.2) is 5.13 Å². The maximum atomic E-state index is 13.0. The average Bonchev–Trinajstić information content (AvgIpc) is 3.32. The van der Waals surface area contributed by atoms with Crippen LogP contribution in [-0.2, 0) is 16.4 Å². The van der Waals surface area contributed by atoms with Crippen molar-refractivity contribution in [1.29, 1.82) is 0 Å². The standard InChI is InChI=1S/C25H23N3O4S2/c1-3-17-8-10-18(11-9-17)23-16-33-25(26-23)27-24(29)21-6-4-5-7-22(21)28-34(30,31)20-14-12-19(32-2)13-15-20/h4-16,28H,3H2,1-2H3,(H,26,27,29). The second kappa shape index (κ2) is 10.1. The predicted octanol–water partition coefficient (Wildman–Crippen LogP) is 5.43. The highest BCUT2D eigenvalue weighted by Crippen LogP contribution is 2.27. The van der Waals surface area contributed by atoms with Crippen LogP contribution in [0.15, 0.2) is 83.1 Å². The summed E-state index contributed by atoms with van der Waals surface area (Å²) in [5.74, 6) is 0.0816. The van der Waals surface area contributed by atoms with Crippen LogP contribution in [0.2, 0.25) is 0 Å². The lowest BCUT2D eigenvalue weighted by atomic mass is 10.1. The molecule has 4 aromatic rings. The number of benzene rings is 3. The summed E-state index contributed by atoms with van der Waals surface area (Å²) in [4.78, 5) is 17.5. The average molecular weight is 494 g/mol. The Morgan fingerprint density at radius 1 is 1.00 bits per heavy atom. The number of para-hydroxylation sites is 1. The lowest BCUT2D eigenvalue weighted by molar-refractivity contribution is 0.102. The monoisotopic (exact) mass is 493 g/mol. The summed E-state index contributed by atoms with van der Waals surface area (Å²) in [5.41, 5.74) is 3.31. The van der Waals surface area contributed by atoms with E-state index < -0.39 is 15.9 Å². The molecule has 0 aliphatic heterocycles. The molecule has 0 radical (unpaired) electrons. The molecule has 34 heavy (non-hydrogen) atoms. The molecule has 0 saturated heterocycles. The lowest BCUT2D eigenvalue weighted by Gasteiger charge is -2.12. The van der Waals surface area contributed by atoms with Crippen molar-refractivity contribution < 1.29 is 17.9 Å². The van der Waals surface area contributed by atoms with Gasteiger partial charge in [-0.2, -0.15) is 0 Å². The summed E-state index contributed by atoms with van der Waals surface area (Å²) in [6.45, 7) is 2.10. The van der Waals surface area contributed by atoms with Gasteiger partial charge in [0.05, 0.1) is 29.0 Å². The van der Waals surface area contributed by atoms with Crippen LogP contribution < -0.4 is 14.8 Å². The third-order valence-electron chi connectivity index (χ3n) is 5.17. The zero-order chi connectivity index (χ0) is 24.1. The van der Waals surface area contributed by atoms with Crippen LogP contribution in [0.4, 0.5) is 10.8 Å². The molecule has 3 aromatic carbocycles. The topological polar surface area (TPSA) is 97.4 Å². The van der Waals surface area contributed by atoms with Gasteiger partial charge < -0.3 is 4.74 Å². The molecule has 7 nitrogen and oxygen atoms in total. The molecule has 0 aliphatic carbocycles. The van der Waals surface area contributed by atoms with E-state index in [1.54, 1.807) is 36.4 Å². The number of sulfonamides is 1. The SMILES string of the molecule is CCc1ccc(-c2csc(NC(=O)c3ccccc3NS(=O)(=O)c3ccc(OC)cc3)n2)cc1. The molecule has 0 unspecified atom stereocenters. The first-order valence-corrected chi connectivity index (χ1v) is 12.9. The zero-order valence-electron chi connectivity index (χ0n) is 18.6. The molecular formula is C25H23N3O4S2. The molecule has 1 heterocycles. The van der Waals surface area contributed by atoms with Crippen LogP contribution in [0.1, 0.15) is 22.8 Å². The van der Waals surface area contributed by atoms with Crippen LogP contribution in [-0.4, -0.2) is 26.4 Å². The highest BCUT2D eigenvalue weighted by molar-refractivity contribution is 7.92. The van der Waals surface area contributed by atoms with Gasteiger partial charge in [0.1, 0.15) is 5.75 Å². The maximum absolute atomic E-state index is 13.0. The molecule has 0 saturated carbocycles. The lowest BCUT2D eigenvalue weighted by Crippen LogP contribution is -2.18. The predicted molar refractivity (Wildman–Crippen MR) is 135 cm³/mol. The maximum Gasteiger partial charge on any atom is 0.261 e. The van der Waals surface area contributed by atoms with Gasteiger partial charge in [0.25, 0.3) is 15.9 Å². The molecular weight excluding hydrogens is 470 g/mol. The highest BCUT2D eigenvalue weighted by atomic mass is 32.2. The van der Waals surface area contributed by atoms with Gasteiger partial charge in [-0.05, 0) is 48.4 Å². The number of aryl methyl sites for hydroxylation is 1. The molecule has 0 bridgehead atoms. The fourth-order valence-corrected chi connectivity index (χ4v) is 5.06. The number of aromatic nitrogens is 1. The molecule has 1 aromatic heterocycles. The number of carbonyl (C=O) groups is 1. The van der Waals surface area contributed by atoms with E-state index in [0.29, 0.717) is 10.9 Å². The van der Waals surface area contributed by atoms with Gasteiger partial charge in [0.2, 0.25) is 0 Å². The van der Waals surface area contributed by atoms with Gasteiger partial charge >= 0.3 is 0 Å². The first-order chi connectivity index (χ1) is 16.4. The van der Waals surface area contributed by atoms with Gasteiger partial charge in [-0.15, -0.1) is 11.3 Å².